The van der Waals surface area contributed by atoms with Crippen LogP contribution >= 0.6 is 7.75 Å². The number of halogens is 1. The molecule has 1 aliphatic carbocycles. The lowest BCUT2D eigenvalue weighted by Gasteiger charge is -2.32. The molecule has 2 aliphatic rings. The number of Topliss-reactive ketones (excluding diaryl/α,β-unsaturated/α-hetero) is 1. The van der Waals surface area contributed by atoms with Gasteiger partial charge in [-0.25, -0.2) is 8.96 Å². The number of esters is 1. The highest BCUT2D eigenvalue weighted by molar-refractivity contribution is 7.52. The number of aliphatic hydroxyl groups excluding tert-OH is 1. The maximum absolute atomic E-state index is 15.6. The monoisotopic (exact) mass is 527 g/mol. The van der Waals surface area contributed by atoms with Crippen molar-refractivity contribution in [2.75, 3.05) is 6.61 Å². The third-order valence-electron chi connectivity index (χ3n) is 6.26. The van der Waals surface area contributed by atoms with Crippen molar-refractivity contribution in [3.63, 3.8) is 0 Å². The second kappa shape index (κ2) is 11.5. The first-order valence-electron chi connectivity index (χ1n) is 12.0. The van der Waals surface area contributed by atoms with Crippen LogP contribution in [-0.4, -0.2) is 59.6 Å². The van der Waals surface area contributed by atoms with Crippen molar-refractivity contribution in [1.29, 1.82) is 0 Å². The van der Waals surface area contributed by atoms with Crippen LogP contribution in [0.4, 0.5) is 4.39 Å². The summed E-state index contributed by atoms with van der Waals surface area (Å²) in [5, 5.41) is 13.2. The maximum atomic E-state index is 15.6. The first-order chi connectivity index (χ1) is 16.8. The van der Waals surface area contributed by atoms with Crippen LogP contribution in [0.5, 0.6) is 5.75 Å². The molecule has 1 aromatic carbocycles. The van der Waals surface area contributed by atoms with Crippen molar-refractivity contribution in [3.8, 4) is 5.75 Å². The van der Waals surface area contributed by atoms with E-state index in [2.05, 4.69) is 11.7 Å². The SMILES string of the molecule is C=C1CCC([C@@H]2O[C@H](CO[P@@](=O)(N[C@@H](C)C(=O)OC(C)C)Oc3ccccc3)[C@@H](O)[C@@]2(C)F)C(=O)C1. The predicted octanol–water partition coefficient (Wildman–Crippen LogP) is 3.90. The summed E-state index contributed by atoms with van der Waals surface area (Å²) in [5.41, 5.74) is -1.45. The van der Waals surface area contributed by atoms with E-state index in [1.807, 2.05) is 0 Å². The van der Waals surface area contributed by atoms with Gasteiger partial charge in [-0.05, 0) is 52.7 Å². The van der Waals surface area contributed by atoms with Gasteiger partial charge in [-0.15, -0.1) is 0 Å². The summed E-state index contributed by atoms with van der Waals surface area (Å²) >= 11 is 0. The molecule has 9 nitrogen and oxygen atoms in total. The molecule has 0 bridgehead atoms. The molecule has 0 radical (unpaired) electrons. The number of alkyl halides is 1. The normalized spacial score (nSPS) is 31.2. The Balaban J connectivity index is 1.74. The fraction of sp³-hybridized carbons (Fsp3) is 0.600. The highest BCUT2D eigenvalue weighted by Crippen LogP contribution is 2.47. The number of hydrogen-bond acceptors (Lipinski definition) is 8. The Kier molecular flexibility index (Phi) is 9.11. The van der Waals surface area contributed by atoms with E-state index in [1.54, 1.807) is 44.2 Å². The fourth-order valence-corrected chi connectivity index (χ4v) is 5.86. The van der Waals surface area contributed by atoms with Gasteiger partial charge in [-0.2, -0.15) is 5.09 Å². The molecule has 7 atom stereocenters. The van der Waals surface area contributed by atoms with Crippen LogP contribution in [0.1, 0.15) is 47.0 Å². The van der Waals surface area contributed by atoms with Crippen molar-refractivity contribution in [1.82, 2.24) is 5.09 Å². The minimum absolute atomic E-state index is 0.145. The number of carbonyl (C=O) groups is 2. The summed E-state index contributed by atoms with van der Waals surface area (Å²) in [6.07, 6.45) is -3.37. The standard InChI is InChI=1S/C25H35FNO8P/c1-15(2)33-24(30)17(4)27-36(31,35-18-9-7-6-8-10-18)32-14-21-22(29)25(5,26)23(34-21)19-12-11-16(3)13-20(19)28/h6-10,15,17,19,21-23,29H,3,11-14H2,1-2,4-5H3,(H,27,31)/t17-,19?,21+,22+,23-,25+,36-/m0/s1. The van der Waals surface area contributed by atoms with E-state index in [-0.39, 0.29) is 18.0 Å². The molecule has 1 unspecified atom stereocenters. The fourth-order valence-electron chi connectivity index (χ4n) is 4.36. The van der Waals surface area contributed by atoms with Crippen molar-refractivity contribution in [2.24, 2.45) is 5.92 Å². The second-order valence-corrected chi connectivity index (χ2v) is 11.5. The molecule has 3 rings (SSSR count). The summed E-state index contributed by atoms with van der Waals surface area (Å²) in [6, 6.07) is 7.09. The number of aliphatic hydroxyl groups is 1. The van der Waals surface area contributed by atoms with E-state index in [0.717, 1.165) is 5.57 Å². The molecule has 200 valence electrons. The summed E-state index contributed by atoms with van der Waals surface area (Å²) < 4.78 is 51.3. The minimum atomic E-state index is -4.23. The van der Waals surface area contributed by atoms with Gasteiger partial charge < -0.3 is 19.1 Å². The number of benzene rings is 1. The van der Waals surface area contributed by atoms with Gasteiger partial charge in [0.2, 0.25) is 0 Å². The van der Waals surface area contributed by atoms with Crippen molar-refractivity contribution in [3.05, 3.63) is 42.5 Å². The quantitative estimate of drug-likeness (QED) is 0.265. The Hall–Kier alpha value is -2.10. The molecule has 2 N–H and O–H groups in total. The second-order valence-electron chi connectivity index (χ2n) is 9.76. The van der Waals surface area contributed by atoms with E-state index in [1.165, 1.54) is 13.8 Å². The van der Waals surface area contributed by atoms with E-state index in [9.17, 15) is 19.3 Å². The van der Waals surface area contributed by atoms with Crippen LogP contribution < -0.4 is 9.61 Å². The molecule has 1 aromatic rings. The van der Waals surface area contributed by atoms with Crippen molar-refractivity contribution in [2.45, 2.75) is 83.1 Å². The number of hydrogen-bond donors (Lipinski definition) is 2. The summed E-state index contributed by atoms with van der Waals surface area (Å²) in [5.74, 6) is -1.39. The average molecular weight is 528 g/mol. The zero-order chi connectivity index (χ0) is 26.7. The smallest absolute Gasteiger partial charge is 0.459 e. The lowest BCUT2D eigenvalue weighted by molar-refractivity contribution is -0.149. The molecule has 11 heteroatoms. The van der Waals surface area contributed by atoms with E-state index in [4.69, 9.17) is 18.5 Å². The largest absolute Gasteiger partial charge is 0.462 e. The van der Waals surface area contributed by atoms with E-state index >= 15 is 4.39 Å². The van der Waals surface area contributed by atoms with Crippen LogP contribution in [0.3, 0.4) is 0 Å². The average Bonchev–Trinajstić information content (AvgIpc) is 3.01. The van der Waals surface area contributed by atoms with E-state index in [0.29, 0.717) is 12.8 Å². The molecule has 1 heterocycles. The summed E-state index contributed by atoms with van der Waals surface area (Å²) in [4.78, 5) is 24.8. The molecule has 2 fully saturated rings. The lowest BCUT2D eigenvalue weighted by Crippen LogP contribution is -2.47. The van der Waals surface area contributed by atoms with Gasteiger partial charge >= 0.3 is 13.7 Å². The third-order valence-corrected chi connectivity index (χ3v) is 7.90. The van der Waals surface area contributed by atoms with E-state index < -0.39 is 62.4 Å². The number of para-hydroxylation sites is 1. The Morgan fingerprint density at radius 3 is 2.61 bits per heavy atom. The van der Waals surface area contributed by atoms with Gasteiger partial charge in [0.25, 0.3) is 0 Å². The number of nitrogens with one attached hydrogen (secondary N) is 1. The van der Waals surface area contributed by atoms with Gasteiger partial charge in [0, 0.05) is 12.3 Å². The molecular formula is C25H35FNO8P. The number of ether oxygens (including phenoxy) is 2. The van der Waals surface area contributed by atoms with Crippen LogP contribution in [0.25, 0.3) is 0 Å². The van der Waals surface area contributed by atoms with Gasteiger partial charge in [0.1, 0.15) is 35.9 Å². The molecule has 0 amide bonds. The van der Waals surface area contributed by atoms with Crippen LogP contribution in [0.15, 0.2) is 42.5 Å². The number of ketones is 1. The number of carbonyl (C=O) groups excluding carboxylic acids is 2. The van der Waals surface area contributed by atoms with Gasteiger partial charge in [-0.3, -0.25) is 14.1 Å². The zero-order valence-electron chi connectivity index (χ0n) is 21.0. The Labute approximate surface area is 210 Å². The predicted molar refractivity (Wildman–Crippen MR) is 130 cm³/mol. The topological polar surface area (TPSA) is 120 Å². The molecule has 1 saturated carbocycles. The first kappa shape index (κ1) is 28.5. The Bertz CT molecular complexity index is 1000. The third kappa shape index (κ3) is 6.81. The molecule has 1 aliphatic heterocycles. The number of rotatable bonds is 10. The Morgan fingerprint density at radius 2 is 2.00 bits per heavy atom. The minimum Gasteiger partial charge on any atom is -0.462 e. The first-order valence-corrected chi connectivity index (χ1v) is 13.6. The zero-order valence-corrected chi connectivity index (χ0v) is 21.9. The molecular weight excluding hydrogens is 492 g/mol. The van der Waals surface area contributed by atoms with Crippen LogP contribution in [0, 0.1) is 5.92 Å². The van der Waals surface area contributed by atoms with Crippen LogP contribution in [-0.2, 0) is 28.2 Å². The molecule has 0 aromatic heterocycles. The van der Waals surface area contributed by atoms with Gasteiger partial charge in [0.15, 0.2) is 5.67 Å². The molecule has 1 saturated heterocycles. The maximum Gasteiger partial charge on any atom is 0.459 e. The van der Waals surface area contributed by atoms with Crippen LogP contribution in [0.2, 0.25) is 0 Å². The number of allylic oxidation sites excluding steroid dienone is 1. The van der Waals surface area contributed by atoms with Crippen molar-refractivity contribution < 1.29 is 42.2 Å². The summed E-state index contributed by atoms with van der Waals surface area (Å²) in [6.45, 7) is 9.28. The summed E-state index contributed by atoms with van der Waals surface area (Å²) in [7, 11) is -4.23. The lowest BCUT2D eigenvalue weighted by atomic mass is 9.77. The molecule has 0 spiro atoms. The van der Waals surface area contributed by atoms with Gasteiger partial charge in [-0.1, -0.05) is 30.4 Å². The molecule has 36 heavy (non-hydrogen) atoms. The Morgan fingerprint density at radius 1 is 1.33 bits per heavy atom. The van der Waals surface area contributed by atoms with Gasteiger partial charge in [0.05, 0.1) is 12.7 Å². The highest BCUT2D eigenvalue weighted by Gasteiger charge is 2.58. The highest BCUT2D eigenvalue weighted by atomic mass is 31.2. The van der Waals surface area contributed by atoms with Crippen molar-refractivity contribution >= 4 is 19.5 Å².